The molecule has 0 aliphatic carbocycles. The Morgan fingerprint density at radius 2 is 1.87 bits per heavy atom. The van der Waals surface area contributed by atoms with Gasteiger partial charge in [-0.1, -0.05) is 18.2 Å². The second kappa shape index (κ2) is 8.73. The molecule has 0 spiro atoms. The number of anilines is 1. The van der Waals surface area contributed by atoms with Crippen molar-refractivity contribution in [1.29, 1.82) is 0 Å². The van der Waals surface area contributed by atoms with Crippen molar-refractivity contribution in [2.24, 2.45) is 0 Å². The summed E-state index contributed by atoms with van der Waals surface area (Å²) >= 11 is 0. The zero-order valence-corrected chi connectivity index (χ0v) is 16.2. The van der Waals surface area contributed by atoms with Gasteiger partial charge in [0.15, 0.2) is 0 Å². The van der Waals surface area contributed by atoms with Crippen LogP contribution in [0.2, 0.25) is 0 Å². The van der Waals surface area contributed by atoms with E-state index in [1.807, 2.05) is 0 Å². The molecule has 160 valence electrons. The summed E-state index contributed by atoms with van der Waals surface area (Å²) in [4.78, 5) is 27.1. The molecule has 9 heteroatoms. The van der Waals surface area contributed by atoms with E-state index in [1.54, 1.807) is 12.1 Å². The third-order valence-electron chi connectivity index (χ3n) is 4.83. The predicted molar refractivity (Wildman–Crippen MR) is 102 cm³/mol. The zero-order valence-electron chi connectivity index (χ0n) is 16.2. The van der Waals surface area contributed by atoms with Crippen LogP contribution in [0.3, 0.4) is 0 Å². The predicted octanol–water partition coefficient (Wildman–Crippen LogP) is 4.66. The number of esters is 1. The van der Waals surface area contributed by atoms with Crippen molar-refractivity contribution in [1.82, 2.24) is 4.90 Å². The lowest BCUT2D eigenvalue weighted by Crippen LogP contribution is -2.42. The Labute approximate surface area is 170 Å². The van der Waals surface area contributed by atoms with Crippen LogP contribution in [0.5, 0.6) is 0 Å². The summed E-state index contributed by atoms with van der Waals surface area (Å²) in [5.74, 6) is -0.529. The molecule has 5 nitrogen and oxygen atoms in total. The van der Waals surface area contributed by atoms with Crippen LogP contribution in [-0.4, -0.2) is 43.3 Å². The number of alkyl halides is 4. The molecule has 0 saturated carbocycles. The second-order valence-corrected chi connectivity index (χ2v) is 6.94. The summed E-state index contributed by atoms with van der Waals surface area (Å²) in [6.45, 7) is 0.0430. The number of amides is 2. The molecule has 1 saturated heterocycles. The fourth-order valence-electron chi connectivity index (χ4n) is 3.23. The highest BCUT2D eigenvalue weighted by Gasteiger charge is 2.33. The first-order valence-electron chi connectivity index (χ1n) is 9.24. The Kier molecular flexibility index (Phi) is 6.28. The molecule has 1 aliphatic rings. The van der Waals surface area contributed by atoms with E-state index in [-0.39, 0.29) is 31.7 Å². The quantitative estimate of drug-likeness (QED) is 0.530. The van der Waals surface area contributed by atoms with Gasteiger partial charge in [0.1, 0.15) is 6.17 Å². The van der Waals surface area contributed by atoms with Crippen molar-refractivity contribution in [2.45, 2.75) is 25.3 Å². The summed E-state index contributed by atoms with van der Waals surface area (Å²) in [5.41, 5.74) is 0.0558. The monoisotopic (exact) mass is 424 g/mol. The van der Waals surface area contributed by atoms with E-state index in [4.69, 9.17) is 0 Å². The molecule has 0 N–H and O–H groups in total. The molecule has 2 amide bonds. The van der Waals surface area contributed by atoms with Crippen LogP contribution in [0, 0.1) is 0 Å². The topological polar surface area (TPSA) is 49.9 Å². The number of benzene rings is 2. The van der Waals surface area contributed by atoms with Crippen molar-refractivity contribution in [2.75, 3.05) is 25.1 Å². The maximum Gasteiger partial charge on any atom is 0.416 e. The number of hydrogen-bond acceptors (Lipinski definition) is 3. The number of rotatable bonds is 4. The number of likely N-dealkylation sites (tertiary alicyclic amines) is 1. The van der Waals surface area contributed by atoms with Crippen LogP contribution in [0.4, 0.5) is 28.0 Å². The van der Waals surface area contributed by atoms with Crippen LogP contribution in [0.15, 0.2) is 48.5 Å². The number of ether oxygens (including phenoxy) is 1. The Morgan fingerprint density at radius 1 is 1.17 bits per heavy atom. The number of methoxy groups -OCH3 is 1. The van der Waals surface area contributed by atoms with E-state index in [0.717, 1.165) is 12.1 Å². The average Bonchev–Trinajstić information content (AvgIpc) is 3.17. The molecule has 1 fully saturated rings. The summed E-state index contributed by atoms with van der Waals surface area (Å²) in [7, 11) is 1.25. The van der Waals surface area contributed by atoms with Crippen molar-refractivity contribution in [3.8, 4) is 0 Å². The molecular weight excluding hydrogens is 404 g/mol. The molecule has 0 radical (unpaired) electrons. The average molecular weight is 424 g/mol. The van der Waals surface area contributed by atoms with Gasteiger partial charge >= 0.3 is 18.2 Å². The smallest absolute Gasteiger partial charge is 0.416 e. The van der Waals surface area contributed by atoms with Crippen molar-refractivity contribution >= 4 is 17.7 Å². The van der Waals surface area contributed by atoms with Gasteiger partial charge in [-0.3, -0.25) is 4.90 Å². The maximum absolute atomic E-state index is 13.6. The highest BCUT2D eigenvalue weighted by molar-refractivity contribution is 5.92. The van der Waals surface area contributed by atoms with Crippen LogP contribution in [0.25, 0.3) is 0 Å². The lowest BCUT2D eigenvalue weighted by atomic mass is 10.1. The summed E-state index contributed by atoms with van der Waals surface area (Å²) in [6.07, 6.45) is -5.53. The largest absolute Gasteiger partial charge is 0.465 e. The van der Waals surface area contributed by atoms with Gasteiger partial charge in [-0.15, -0.1) is 0 Å². The number of carbonyl (C=O) groups is 2. The summed E-state index contributed by atoms with van der Waals surface area (Å²) in [6, 6.07) is 10.0. The van der Waals surface area contributed by atoms with Crippen LogP contribution in [-0.2, 0) is 17.5 Å². The third-order valence-corrected chi connectivity index (χ3v) is 4.83. The molecule has 1 atom stereocenters. The third kappa shape index (κ3) is 4.90. The second-order valence-electron chi connectivity index (χ2n) is 6.94. The van der Waals surface area contributed by atoms with Gasteiger partial charge in [-0.25, -0.2) is 14.0 Å². The molecule has 1 heterocycles. The molecule has 2 aromatic carbocycles. The van der Waals surface area contributed by atoms with Crippen molar-refractivity contribution < 1.29 is 31.9 Å². The van der Waals surface area contributed by atoms with Crippen LogP contribution >= 0.6 is 0 Å². The number of nitrogens with zero attached hydrogens (tertiary/aromatic N) is 2. The molecule has 2 aromatic rings. The minimum absolute atomic E-state index is 0.0466. The summed E-state index contributed by atoms with van der Waals surface area (Å²) < 4.78 is 57.7. The fourth-order valence-corrected chi connectivity index (χ4v) is 3.23. The Balaban J connectivity index is 1.92. The molecule has 0 bridgehead atoms. The maximum atomic E-state index is 13.6. The molecule has 0 aromatic heterocycles. The molecule has 1 unspecified atom stereocenters. The Bertz CT molecular complexity index is 915. The number of urea groups is 1. The van der Waals surface area contributed by atoms with E-state index in [0.29, 0.717) is 11.1 Å². The number of hydrogen-bond donors (Lipinski definition) is 0. The lowest BCUT2D eigenvalue weighted by Gasteiger charge is -2.28. The molecule has 1 aliphatic heterocycles. The SMILES string of the molecule is COC(=O)c1ccc(CN(C(=O)N2CCC(F)C2)c2cccc(C(F)(F)F)c2)cc1. The molecular formula is C21H20F4N2O3. The van der Waals surface area contributed by atoms with Gasteiger partial charge < -0.3 is 9.64 Å². The summed E-state index contributed by atoms with van der Waals surface area (Å²) in [5, 5.41) is 0. The Hall–Kier alpha value is -3.10. The minimum atomic E-state index is -4.56. The van der Waals surface area contributed by atoms with Crippen molar-refractivity contribution in [3.05, 3.63) is 65.2 Å². The van der Waals surface area contributed by atoms with E-state index >= 15 is 0 Å². The van der Waals surface area contributed by atoms with Gasteiger partial charge in [-0.2, -0.15) is 13.2 Å². The van der Waals surface area contributed by atoms with E-state index in [1.165, 1.54) is 41.2 Å². The van der Waals surface area contributed by atoms with E-state index in [2.05, 4.69) is 4.74 Å². The fraction of sp³-hybridized carbons (Fsp3) is 0.333. The van der Waals surface area contributed by atoms with E-state index in [9.17, 15) is 27.2 Å². The van der Waals surface area contributed by atoms with Gasteiger partial charge in [0.05, 0.1) is 31.3 Å². The first-order chi connectivity index (χ1) is 14.2. The number of carbonyl (C=O) groups excluding carboxylic acids is 2. The van der Waals surface area contributed by atoms with Gasteiger partial charge in [0, 0.05) is 12.2 Å². The van der Waals surface area contributed by atoms with Crippen molar-refractivity contribution in [3.63, 3.8) is 0 Å². The van der Waals surface area contributed by atoms with Gasteiger partial charge in [0.25, 0.3) is 0 Å². The highest BCUT2D eigenvalue weighted by atomic mass is 19.4. The minimum Gasteiger partial charge on any atom is -0.465 e. The Morgan fingerprint density at radius 3 is 2.43 bits per heavy atom. The van der Waals surface area contributed by atoms with Crippen LogP contribution in [0.1, 0.15) is 27.9 Å². The number of halogens is 4. The lowest BCUT2D eigenvalue weighted by molar-refractivity contribution is -0.137. The van der Waals surface area contributed by atoms with Gasteiger partial charge in [0.2, 0.25) is 0 Å². The van der Waals surface area contributed by atoms with Crippen LogP contribution < -0.4 is 4.90 Å². The van der Waals surface area contributed by atoms with E-state index < -0.39 is 29.9 Å². The standard InChI is InChI=1S/C21H20F4N2O3/c1-30-19(28)15-7-5-14(6-8-15)12-27(20(29)26-10-9-17(22)13-26)18-4-2-3-16(11-18)21(23,24)25/h2-8,11,17H,9-10,12-13H2,1H3. The zero-order chi connectivity index (χ0) is 21.9. The highest BCUT2D eigenvalue weighted by Crippen LogP contribution is 2.32. The first-order valence-corrected chi connectivity index (χ1v) is 9.24. The molecule has 3 rings (SSSR count). The molecule has 30 heavy (non-hydrogen) atoms. The first kappa shape index (κ1) is 21.6. The van der Waals surface area contributed by atoms with Gasteiger partial charge in [-0.05, 0) is 42.3 Å². The normalized spacial score (nSPS) is 16.4.